The van der Waals surface area contributed by atoms with E-state index in [1.54, 1.807) is 0 Å². The van der Waals surface area contributed by atoms with Gasteiger partial charge in [0.05, 0.1) is 18.6 Å². The van der Waals surface area contributed by atoms with Gasteiger partial charge in [0.25, 0.3) is 0 Å². The molecule has 1 aliphatic heterocycles. The number of carbonyl (C=O) groups is 2. The molecule has 19 heavy (non-hydrogen) atoms. The number of rotatable bonds is 3. The number of nitrogens with one attached hydrogen (secondary N) is 2. The lowest BCUT2D eigenvalue weighted by molar-refractivity contribution is -0.144. The van der Waals surface area contributed by atoms with Gasteiger partial charge in [-0.2, -0.15) is 0 Å². The predicted molar refractivity (Wildman–Crippen MR) is 66.6 cm³/mol. The Bertz CT molecular complexity index is 381. The molecule has 2 amide bonds. The van der Waals surface area contributed by atoms with Crippen LogP contribution in [0.15, 0.2) is 0 Å². The molecular weight excluding hydrogens is 248 g/mol. The highest BCUT2D eigenvalue weighted by Gasteiger charge is 2.51. The van der Waals surface area contributed by atoms with Crippen molar-refractivity contribution in [3.05, 3.63) is 0 Å². The van der Waals surface area contributed by atoms with Crippen molar-refractivity contribution < 1.29 is 19.4 Å². The topological polar surface area (TPSA) is 87.7 Å². The first-order chi connectivity index (χ1) is 9.15. The molecule has 2 aliphatic carbocycles. The van der Waals surface area contributed by atoms with Crippen molar-refractivity contribution in [3.8, 4) is 0 Å². The highest BCUT2D eigenvalue weighted by Crippen LogP contribution is 2.48. The zero-order valence-electron chi connectivity index (χ0n) is 10.8. The van der Waals surface area contributed by atoms with E-state index in [4.69, 9.17) is 4.74 Å². The van der Waals surface area contributed by atoms with Crippen LogP contribution in [0.4, 0.5) is 4.79 Å². The van der Waals surface area contributed by atoms with Crippen LogP contribution in [-0.4, -0.2) is 42.4 Å². The van der Waals surface area contributed by atoms with Gasteiger partial charge in [-0.1, -0.05) is 0 Å². The molecule has 1 saturated heterocycles. The maximum absolute atomic E-state index is 11.9. The van der Waals surface area contributed by atoms with Crippen molar-refractivity contribution in [2.45, 2.75) is 37.8 Å². The van der Waals surface area contributed by atoms with Gasteiger partial charge in [-0.25, -0.2) is 4.79 Å². The van der Waals surface area contributed by atoms with E-state index in [0.717, 1.165) is 25.7 Å². The third kappa shape index (κ3) is 2.41. The van der Waals surface area contributed by atoms with Crippen molar-refractivity contribution in [1.82, 2.24) is 10.6 Å². The summed E-state index contributed by atoms with van der Waals surface area (Å²) < 4.78 is 5.20. The molecule has 0 aromatic heterocycles. The molecule has 3 fully saturated rings. The lowest BCUT2D eigenvalue weighted by Crippen LogP contribution is -2.52. The van der Waals surface area contributed by atoms with Gasteiger partial charge in [-0.3, -0.25) is 4.79 Å². The van der Waals surface area contributed by atoms with Crippen LogP contribution in [0.25, 0.3) is 0 Å². The van der Waals surface area contributed by atoms with Crippen molar-refractivity contribution in [2.24, 2.45) is 17.8 Å². The Kier molecular flexibility index (Phi) is 3.35. The Balaban J connectivity index is 1.58. The summed E-state index contributed by atoms with van der Waals surface area (Å²) in [4.78, 5) is 23.3. The average molecular weight is 268 g/mol. The number of hydrogen-bond donors (Lipinski definition) is 3. The normalized spacial score (nSPS) is 40.3. The number of hydrogen-bond acceptors (Lipinski definition) is 3. The van der Waals surface area contributed by atoms with E-state index in [2.05, 4.69) is 10.6 Å². The van der Waals surface area contributed by atoms with Crippen molar-refractivity contribution >= 4 is 12.0 Å². The zero-order valence-corrected chi connectivity index (χ0v) is 10.8. The molecule has 1 heterocycles. The second-order valence-corrected chi connectivity index (χ2v) is 5.90. The molecule has 3 aliphatic rings. The minimum absolute atomic E-state index is 0.0573. The first-order valence-electron chi connectivity index (χ1n) is 7.02. The SMILES string of the molecule is O=C(NC1CCOC1)NC1C2CCC(C2)C1C(=O)O. The van der Waals surface area contributed by atoms with E-state index in [0.29, 0.717) is 19.1 Å². The van der Waals surface area contributed by atoms with Crippen LogP contribution >= 0.6 is 0 Å². The Morgan fingerprint density at radius 1 is 1.11 bits per heavy atom. The number of carboxylic acids is 1. The van der Waals surface area contributed by atoms with Crippen LogP contribution in [0, 0.1) is 17.8 Å². The Hall–Kier alpha value is -1.30. The fraction of sp³-hybridized carbons (Fsp3) is 0.846. The molecular formula is C13H20N2O4. The maximum atomic E-state index is 11.9. The number of carbonyl (C=O) groups excluding carboxylic acids is 1. The van der Waals surface area contributed by atoms with Gasteiger partial charge >= 0.3 is 12.0 Å². The van der Waals surface area contributed by atoms with Crippen LogP contribution in [0.3, 0.4) is 0 Å². The van der Waals surface area contributed by atoms with Gasteiger partial charge in [0.1, 0.15) is 0 Å². The van der Waals surface area contributed by atoms with Gasteiger partial charge in [0, 0.05) is 12.6 Å². The molecule has 0 aromatic carbocycles. The van der Waals surface area contributed by atoms with Gasteiger partial charge in [-0.15, -0.1) is 0 Å². The molecule has 106 valence electrons. The molecule has 6 heteroatoms. The minimum Gasteiger partial charge on any atom is -0.481 e. The molecule has 6 nitrogen and oxygen atoms in total. The molecule has 3 rings (SSSR count). The lowest BCUT2D eigenvalue weighted by Gasteiger charge is -2.29. The predicted octanol–water partition coefficient (Wildman–Crippen LogP) is 0.574. The summed E-state index contributed by atoms with van der Waals surface area (Å²) >= 11 is 0. The van der Waals surface area contributed by atoms with Gasteiger partial charge in [-0.05, 0) is 37.5 Å². The summed E-state index contributed by atoms with van der Waals surface area (Å²) in [5, 5.41) is 15.1. The van der Waals surface area contributed by atoms with Crippen LogP contribution in [-0.2, 0) is 9.53 Å². The third-order valence-corrected chi connectivity index (χ3v) is 4.76. The second-order valence-electron chi connectivity index (χ2n) is 5.90. The summed E-state index contributed by atoms with van der Waals surface area (Å²) in [5.74, 6) is -0.620. The fourth-order valence-electron chi connectivity index (χ4n) is 3.88. The summed E-state index contributed by atoms with van der Waals surface area (Å²) in [6.45, 7) is 1.23. The molecule has 0 spiro atoms. The number of urea groups is 1. The van der Waals surface area contributed by atoms with E-state index < -0.39 is 11.9 Å². The van der Waals surface area contributed by atoms with Crippen molar-refractivity contribution in [3.63, 3.8) is 0 Å². The van der Waals surface area contributed by atoms with Gasteiger partial charge < -0.3 is 20.5 Å². The quantitative estimate of drug-likeness (QED) is 0.698. The average Bonchev–Trinajstić information content (AvgIpc) is 3.03. The lowest BCUT2D eigenvalue weighted by atomic mass is 9.84. The number of aliphatic carboxylic acids is 1. The molecule has 0 aromatic rings. The molecule has 5 atom stereocenters. The van der Waals surface area contributed by atoms with Crippen LogP contribution in [0.2, 0.25) is 0 Å². The van der Waals surface area contributed by atoms with Crippen LogP contribution in [0.5, 0.6) is 0 Å². The standard InChI is InChI=1S/C13H20N2O4/c16-12(17)10-7-1-2-8(5-7)11(10)15-13(18)14-9-3-4-19-6-9/h7-11H,1-6H2,(H,16,17)(H2,14,15,18). The summed E-state index contributed by atoms with van der Waals surface area (Å²) in [5.41, 5.74) is 0. The van der Waals surface area contributed by atoms with E-state index in [1.807, 2.05) is 0 Å². The molecule has 2 saturated carbocycles. The fourth-order valence-corrected chi connectivity index (χ4v) is 3.88. The molecule has 0 radical (unpaired) electrons. The zero-order chi connectivity index (χ0) is 13.4. The van der Waals surface area contributed by atoms with Crippen LogP contribution in [0.1, 0.15) is 25.7 Å². The monoisotopic (exact) mass is 268 g/mol. The number of fused-ring (bicyclic) bond motifs is 2. The number of carboxylic acid groups (broad SMARTS) is 1. The first kappa shape index (κ1) is 12.7. The largest absolute Gasteiger partial charge is 0.481 e. The smallest absolute Gasteiger partial charge is 0.315 e. The second kappa shape index (κ2) is 5.00. The first-order valence-corrected chi connectivity index (χ1v) is 7.02. The maximum Gasteiger partial charge on any atom is 0.315 e. The van der Waals surface area contributed by atoms with Crippen molar-refractivity contribution in [2.75, 3.05) is 13.2 Å². The summed E-state index contributed by atoms with van der Waals surface area (Å²) in [6, 6.07) is -0.403. The summed E-state index contributed by atoms with van der Waals surface area (Å²) in [7, 11) is 0. The Morgan fingerprint density at radius 3 is 2.58 bits per heavy atom. The van der Waals surface area contributed by atoms with Crippen LogP contribution < -0.4 is 10.6 Å². The Morgan fingerprint density at radius 2 is 1.89 bits per heavy atom. The summed E-state index contributed by atoms with van der Waals surface area (Å²) in [6.07, 6.45) is 3.78. The van der Waals surface area contributed by atoms with Crippen molar-refractivity contribution in [1.29, 1.82) is 0 Å². The minimum atomic E-state index is -0.776. The van der Waals surface area contributed by atoms with Gasteiger partial charge in [0.2, 0.25) is 0 Å². The molecule has 5 unspecified atom stereocenters. The highest BCUT2D eigenvalue weighted by molar-refractivity contribution is 5.77. The molecule has 3 N–H and O–H groups in total. The Labute approximate surface area is 111 Å². The van der Waals surface area contributed by atoms with E-state index >= 15 is 0 Å². The third-order valence-electron chi connectivity index (χ3n) is 4.76. The number of amides is 2. The van der Waals surface area contributed by atoms with E-state index in [9.17, 15) is 14.7 Å². The molecule has 2 bridgehead atoms. The van der Waals surface area contributed by atoms with E-state index in [1.165, 1.54) is 0 Å². The van der Waals surface area contributed by atoms with E-state index in [-0.39, 0.29) is 24.0 Å². The van der Waals surface area contributed by atoms with Gasteiger partial charge in [0.15, 0.2) is 0 Å². The number of ether oxygens (including phenoxy) is 1. The highest BCUT2D eigenvalue weighted by atomic mass is 16.5.